The normalized spacial score (nSPS) is 14.2. The summed E-state index contributed by atoms with van der Waals surface area (Å²) < 4.78 is 6.43. The molecule has 2 amide bonds. The molecule has 2 N–H and O–H groups in total. The molecule has 0 aliphatic carbocycles. The van der Waals surface area contributed by atoms with Crippen molar-refractivity contribution in [2.75, 3.05) is 25.0 Å². The van der Waals surface area contributed by atoms with Crippen LogP contribution in [-0.2, 0) is 0 Å². The van der Waals surface area contributed by atoms with Crippen LogP contribution in [0.1, 0.15) is 54.3 Å². The summed E-state index contributed by atoms with van der Waals surface area (Å²) >= 11 is 8.77. The third kappa shape index (κ3) is 7.27. The number of nitrogens with zero attached hydrogens (tertiary/aromatic N) is 1. The minimum absolute atomic E-state index is 0.0186. The Morgan fingerprint density at radius 1 is 1.15 bits per heavy atom. The summed E-state index contributed by atoms with van der Waals surface area (Å²) in [6.07, 6.45) is 2.06. The molecule has 8 heteroatoms. The molecule has 1 aliphatic rings. The molecule has 1 aliphatic heterocycles. The average molecular weight is 533 g/mol. The van der Waals surface area contributed by atoms with E-state index in [1.165, 1.54) is 0 Å². The Morgan fingerprint density at radius 2 is 1.88 bits per heavy atom. The number of anilines is 1. The summed E-state index contributed by atoms with van der Waals surface area (Å²) in [5.74, 6) is 1.43. The highest BCUT2D eigenvalue weighted by atomic mass is 79.9. The Kier molecular flexibility index (Phi) is 8.86. The number of halogens is 1. The summed E-state index contributed by atoms with van der Waals surface area (Å²) in [5.41, 5.74) is 1.70. The van der Waals surface area contributed by atoms with Gasteiger partial charge in [0.1, 0.15) is 5.75 Å². The van der Waals surface area contributed by atoms with Crippen molar-refractivity contribution in [3.05, 3.63) is 58.1 Å². The Labute approximate surface area is 209 Å². The molecule has 176 valence electrons. The molecule has 0 radical (unpaired) electrons. The SMILES string of the molecule is CC(C)COc1ccc(C(=O)NC(=S)Nc2cccc(C(=O)N3CCC(C)CC3)c2)cc1Br. The van der Waals surface area contributed by atoms with Gasteiger partial charge in [-0.15, -0.1) is 0 Å². The molecule has 33 heavy (non-hydrogen) atoms. The lowest BCUT2D eigenvalue weighted by Gasteiger charge is -2.30. The topological polar surface area (TPSA) is 70.7 Å². The maximum Gasteiger partial charge on any atom is 0.257 e. The van der Waals surface area contributed by atoms with Crippen LogP contribution < -0.4 is 15.4 Å². The third-order valence-corrected chi connectivity index (χ3v) is 6.26. The molecule has 2 aromatic carbocycles. The summed E-state index contributed by atoms with van der Waals surface area (Å²) in [6.45, 7) is 8.52. The summed E-state index contributed by atoms with van der Waals surface area (Å²) in [6, 6.07) is 12.3. The summed E-state index contributed by atoms with van der Waals surface area (Å²) in [5, 5.41) is 5.84. The number of likely N-dealkylation sites (tertiary alicyclic amines) is 1. The summed E-state index contributed by atoms with van der Waals surface area (Å²) in [7, 11) is 0. The zero-order valence-electron chi connectivity index (χ0n) is 19.2. The molecule has 3 rings (SSSR count). The predicted molar refractivity (Wildman–Crippen MR) is 139 cm³/mol. The minimum atomic E-state index is -0.335. The van der Waals surface area contributed by atoms with Crippen molar-refractivity contribution in [1.29, 1.82) is 0 Å². The van der Waals surface area contributed by atoms with Gasteiger partial charge in [-0.2, -0.15) is 0 Å². The molecule has 6 nitrogen and oxygen atoms in total. The third-order valence-electron chi connectivity index (χ3n) is 5.43. The van der Waals surface area contributed by atoms with E-state index in [1.54, 1.807) is 36.4 Å². The fraction of sp³-hybridized carbons (Fsp3) is 0.400. The van der Waals surface area contributed by atoms with Gasteiger partial charge >= 0.3 is 0 Å². The van der Waals surface area contributed by atoms with Crippen LogP contribution in [0.25, 0.3) is 0 Å². The second kappa shape index (κ2) is 11.6. The van der Waals surface area contributed by atoms with Crippen molar-refractivity contribution in [2.45, 2.75) is 33.6 Å². The van der Waals surface area contributed by atoms with Gasteiger partial charge in [-0.05, 0) is 89.2 Å². The first-order chi connectivity index (χ1) is 15.7. The highest BCUT2D eigenvalue weighted by Crippen LogP contribution is 2.26. The van der Waals surface area contributed by atoms with E-state index in [2.05, 4.69) is 47.3 Å². The van der Waals surface area contributed by atoms with Crippen LogP contribution in [0.15, 0.2) is 46.9 Å². The first kappa shape index (κ1) is 25.2. The average Bonchev–Trinajstić information content (AvgIpc) is 2.78. The lowest BCUT2D eigenvalue weighted by molar-refractivity contribution is 0.0697. The van der Waals surface area contributed by atoms with Gasteiger partial charge in [-0.1, -0.05) is 26.8 Å². The van der Waals surface area contributed by atoms with Crippen molar-refractivity contribution in [1.82, 2.24) is 10.2 Å². The smallest absolute Gasteiger partial charge is 0.257 e. The molecule has 1 saturated heterocycles. The first-order valence-electron chi connectivity index (χ1n) is 11.2. The fourth-order valence-electron chi connectivity index (χ4n) is 3.48. The van der Waals surface area contributed by atoms with Crippen molar-refractivity contribution in [2.24, 2.45) is 11.8 Å². The van der Waals surface area contributed by atoms with Crippen molar-refractivity contribution < 1.29 is 14.3 Å². The van der Waals surface area contributed by atoms with Gasteiger partial charge in [0, 0.05) is 29.9 Å². The lowest BCUT2D eigenvalue weighted by atomic mass is 9.98. The van der Waals surface area contributed by atoms with Crippen molar-refractivity contribution >= 4 is 50.8 Å². The van der Waals surface area contributed by atoms with E-state index in [0.29, 0.717) is 45.5 Å². The van der Waals surface area contributed by atoms with Gasteiger partial charge in [0.2, 0.25) is 0 Å². The Bertz CT molecular complexity index is 1020. The maximum absolute atomic E-state index is 12.8. The molecule has 1 fully saturated rings. The maximum atomic E-state index is 12.8. The zero-order chi connectivity index (χ0) is 24.0. The summed E-state index contributed by atoms with van der Waals surface area (Å²) in [4.78, 5) is 27.3. The second-order valence-corrected chi connectivity index (χ2v) is 10.1. The molecule has 2 aromatic rings. The van der Waals surface area contributed by atoms with E-state index < -0.39 is 0 Å². The molecule has 0 saturated carbocycles. The van der Waals surface area contributed by atoms with Crippen LogP contribution in [0.2, 0.25) is 0 Å². The minimum Gasteiger partial charge on any atom is -0.492 e. The number of benzene rings is 2. The monoisotopic (exact) mass is 531 g/mol. The number of nitrogens with one attached hydrogen (secondary N) is 2. The number of rotatable bonds is 6. The van der Waals surface area contributed by atoms with E-state index in [4.69, 9.17) is 17.0 Å². The number of carbonyl (C=O) groups is 2. The van der Waals surface area contributed by atoms with E-state index in [9.17, 15) is 9.59 Å². The number of carbonyl (C=O) groups excluding carboxylic acids is 2. The first-order valence-corrected chi connectivity index (χ1v) is 12.4. The predicted octanol–water partition coefficient (Wildman–Crippen LogP) is 5.48. The molecule has 0 bridgehead atoms. The van der Waals surface area contributed by atoms with Crippen molar-refractivity contribution in [3.63, 3.8) is 0 Å². The number of ether oxygens (including phenoxy) is 1. The quantitative estimate of drug-likeness (QED) is 0.482. The molecular formula is C25H30BrN3O3S. The van der Waals surface area contributed by atoms with E-state index in [0.717, 1.165) is 25.9 Å². The number of hydrogen-bond acceptors (Lipinski definition) is 4. The van der Waals surface area contributed by atoms with Gasteiger partial charge in [-0.3, -0.25) is 14.9 Å². The molecule has 0 atom stereocenters. The zero-order valence-corrected chi connectivity index (χ0v) is 21.6. The van der Waals surface area contributed by atoms with Crippen LogP contribution in [0.5, 0.6) is 5.75 Å². The van der Waals surface area contributed by atoms with E-state index in [-0.39, 0.29) is 16.9 Å². The number of piperidine rings is 1. The van der Waals surface area contributed by atoms with Gasteiger partial charge in [-0.25, -0.2) is 0 Å². The van der Waals surface area contributed by atoms with Crippen LogP contribution in [0.3, 0.4) is 0 Å². The number of hydrogen-bond donors (Lipinski definition) is 2. The van der Waals surface area contributed by atoms with E-state index >= 15 is 0 Å². The molecule has 0 spiro atoms. The molecule has 0 aromatic heterocycles. The lowest BCUT2D eigenvalue weighted by Crippen LogP contribution is -2.38. The Hall–Kier alpha value is -2.45. The second-order valence-electron chi connectivity index (χ2n) is 8.81. The Balaban J connectivity index is 1.58. The van der Waals surface area contributed by atoms with Crippen LogP contribution in [0, 0.1) is 11.8 Å². The Morgan fingerprint density at radius 3 is 2.55 bits per heavy atom. The van der Waals surface area contributed by atoms with Crippen LogP contribution in [-0.4, -0.2) is 41.5 Å². The molecule has 0 unspecified atom stereocenters. The highest BCUT2D eigenvalue weighted by Gasteiger charge is 2.21. The molecule has 1 heterocycles. The highest BCUT2D eigenvalue weighted by molar-refractivity contribution is 9.10. The van der Waals surface area contributed by atoms with Crippen molar-refractivity contribution in [3.8, 4) is 5.75 Å². The van der Waals surface area contributed by atoms with Crippen LogP contribution >= 0.6 is 28.1 Å². The number of thiocarbonyl (C=S) groups is 1. The molecular weight excluding hydrogens is 502 g/mol. The van der Waals surface area contributed by atoms with Gasteiger partial charge in [0.15, 0.2) is 5.11 Å². The van der Waals surface area contributed by atoms with E-state index in [1.807, 2.05) is 11.0 Å². The fourth-order valence-corrected chi connectivity index (χ4v) is 4.18. The largest absolute Gasteiger partial charge is 0.492 e. The van der Waals surface area contributed by atoms with Crippen LogP contribution in [0.4, 0.5) is 5.69 Å². The number of amides is 2. The van der Waals surface area contributed by atoms with Gasteiger partial charge in [0.25, 0.3) is 11.8 Å². The van der Waals surface area contributed by atoms with Gasteiger partial charge in [0.05, 0.1) is 11.1 Å². The van der Waals surface area contributed by atoms with Gasteiger partial charge < -0.3 is 15.0 Å². The standard InChI is InChI=1S/C25H30BrN3O3S/c1-16(2)15-32-22-8-7-18(14-21(22)26)23(30)28-25(33)27-20-6-4-5-19(13-20)24(31)29-11-9-17(3)10-12-29/h4-8,13-14,16-17H,9-12,15H2,1-3H3,(H2,27,28,30,33).